The second kappa shape index (κ2) is 12.4. The summed E-state index contributed by atoms with van der Waals surface area (Å²) in [6.45, 7) is 4.25. The van der Waals surface area contributed by atoms with Crippen LogP contribution in [0, 0.1) is 0 Å². The van der Waals surface area contributed by atoms with Gasteiger partial charge < -0.3 is 10.6 Å². The van der Waals surface area contributed by atoms with Gasteiger partial charge in [-0.15, -0.1) is 35.3 Å². The fourth-order valence-electron chi connectivity index (χ4n) is 1.45. The molecule has 3 N–H and O–H groups in total. The standard InChI is InChI=1S/C12H22N4O2S3.HI/c1-3-13-12(15-8-10-19-2)14-6-7-16-21(17,18)11-5-4-9-20-11;/h4-5,9,16H,3,6-8,10H2,1-2H3,(H2,13,14,15);1H. The number of sulfonamides is 1. The number of aliphatic imine (C=N–C) groups is 1. The molecule has 22 heavy (non-hydrogen) atoms. The Bertz CT molecular complexity index is 520. The quantitative estimate of drug-likeness (QED) is 0.217. The fourth-order valence-corrected chi connectivity index (χ4v) is 3.81. The van der Waals surface area contributed by atoms with E-state index in [1.165, 1.54) is 11.3 Å². The molecule has 0 saturated carbocycles. The first-order valence-corrected chi connectivity index (χ1v) is 10.4. The predicted octanol–water partition coefficient (Wildman–Crippen LogP) is 1.56. The van der Waals surface area contributed by atoms with E-state index in [1.54, 1.807) is 29.3 Å². The number of thiophene rings is 1. The van der Waals surface area contributed by atoms with E-state index < -0.39 is 10.0 Å². The maximum Gasteiger partial charge on any atom is 0.250 e. The monoisotopic (exact) mass is 478 g/mol. The Kier molecular flexibility index (Phi) is 12.4. The molecule has 0 aliphatic rings. The summed E-state index contributed by atoms with van der Waals surface area (Å²) in [5.41, 5.74) is 0. The number of rotatable bonds is 9. The van der Waals surface area contributed by atoms with Crippen LogP contribution in [0.5, 0.6) is 0 Å². The van der Waals surface area contributed by atoms with E-state index in [1.807, 2.05) is 13.2 Å². The molecule has 1 rings (SSSR count). The van der Waals surface area contributed by atoms with Gasteiger partial charge in [0, 0.05) is 25.4 Å². The van der Waals surface area contributed by atoms with E-state index in [0.29, 0.717) is 16.7 Å². The molecule has 0 unspecified atom stereocenters. The number of halogens is 1. The van der Waals surface area contributed by atoms with Gasteiger partial charge in [-0.3, -0.25) is 4.99 Å². The third-order valence-electron chi connectivity index (χ3n) is 2.38. The van der Waals surface area contributed by atoms with Crippen molar-refractivity contribution in [2.24, 2.45) is 4.99 Å². The van der Waals surface area contributed by atoms with Crippen molar-refractivity contribution in [1.29, 1.82) is 0 Å². The maximum absolute atomic E-state index is 11.9. The Morgan fingerprint density at radius 2 is 2.14 bits per heavy atom. The van der Waals surface area contributed by atoms with Gasteiger partial charge in [0.1, 0.15) is 4.21 Å². The van der Waals surface area contributed by atoms with Crippen molar-refractivity contribution in [1.82, 2.24) is 15.4 Å². The third kappa shape index (κ3) is 8.56. The van der Waals surface area contributed by atoms with E-state index in [2.05, 4.69) is 20.3 Å². The number of nitrogens with zero attached hydrogens (tertiary/aromatic N) is 1. The van der Waals surface area contributed by atoms with Gasteiger partial charge >= 0.3 is 0 Å². The van der Waals surface area contributed by atoms with E-state index in [-0.39, 0.29) is 30.5 Å². The highest BCUT2D eigenvalue weighted by molar-refractivity contribution is 14.0. The van der Waals surface area contributed by atoms with Crippen LogP contribution in [0.15, 0.2) is 26.7 Å². The third-order valence-corrected chi connectivity index (χ3v) is 5.85. The Labute approximate surface area is 158 Å². The zero-order valence-electron chi connectivity index (χ0n) is 12.7. The lowest BCUT2D eigenvalue weighted by Crippen LogP contribution is -2.39. The van der Waals surface area contributed by atoms with Crippen LogP contribution < -0.4 is 15.4 Å². The van der Waals surface area contributed by atoms with Crippen LogP contribution in [0.2, 0.25) is 0 Å². The highest BCUT2D eigenvalue weighted by Crippen LogP contribution is 2.14. The summed E-state index contributed by atoms with van der Waals surface area (Å²) in [5, 5.41) is 8.05. The molecule has 0 spiro atoms. The van der Waals surface area contributed by atoms with Crippen molar-refractivity contribution in [3.8, 4) is 0 Å². The molecular weight excluding hydrogens is 455 g/mol. The van der Waals surface area contributed by atoms with Crippen LogP contribution in [-0.2, 0) is 10.0 Å². The Hall–Kier alpha value is -0.0400. The van der Waals surface area contributed by atoms with Gasteiger partial charge in [-0.2, -0.15) is 11.8 Å². The fraction of sp³-hybridized carbons (Fsp3) is 0.583. The largest absolute Gasteiger partial charge is 0.357 e. The predicted molar refractivity (Wildman–Crippen MR) is 107 cm³/mol. The molecule has 0 saturated heterocycles. The Balaban J connectivity index is 0.00000441. The summed E-state index contributed by atoms with van der Waals surface area (Å²) in [6.07, 6.45) is 2.05. The summed E-state index contributed by atoms with van der Waals surface area (Å²) in [5.74, 6) is 1.71. The van der Waals surface area contributed by atoms with E-state index >= 15 is 0 Å². The van der Waals surface area contributed by atoms with Gasteiger partial charge in [0.05, 0.1) is 6.54 Å². The average Bonchev–Trinajstić information content (AvgIpc) is 2.98. The first-order valence-electron chi connectivity index (χ1n) is 6.64. The van der Waals surface area contributed by atoms with Crippen LogP contribution in [0.1, 0.15) is 6.92 Å². The second-order valence-corrected chi connectivity index (χ2v) is 7.94. The van der Waals surface area contributed by atoms with Gasteiger partial charge in [-0.1, -0.05) is 6.07 Å². The summed E-state index contributed by atoms with van der Waals surface area (Å²) in [7, 11) is -3.39. The Morgan fingerprint density at radius 1 is 1.36 bits per heavy atom. The SMILES string of the molecule is CCNC(=NCCNS(=O)(=O)c1cccs1)NCCSC.I. The molecule has 0 bridgehead atoms. The van der Waals surface area contributed by atoms with Crippen molar-refractivity contribution in [3.63, 3.8) is 0 Å². The van der Waals surface area contributed by atoms with Crippen LogP contribution >= 0.6 is 47.1 Å². The topological polar surface area (TPSA) is 82.6 Å². The van der Waals surface area contributed by atoms with Gasteiger partial charge in [-0.25, -0.2) is 13.1 Å². The lowest BCUT2D eigenvalue weighted by atomic mass is 10.6. The molecule has 0 aromatic carbocycles. The minimum absolute atomic E-state index is 0. The molecule has 6 nitrogen and oxygen atoms in total. The normalized spacial score (nSPS) is 11.8. The van der Waals surface area contributed by atoms with Crippen molar-refractivity contribution < 1.29 is 8.42 Å². The van der Waals surface area contributed by atoms with Crippen molar-refractivity contribution in [3.05, 3.63) is 17.5 Å². The van der Waals surface area contributed by atoms with Crippen molar-refractivity contribution >= 4 is 63.1 Å². The number of hydrogen-bond donors (Lipinski definition) is 3. The maximum atomic E-state index is 11.9. The molecular formula is C12H23IN4O2S3. The minimum atomic E-state index is -3.39. The van der Waals surface area contributed by atoms with Crippen LogP contribution in [0.25, 0.3) is 0 Å². The van der Waals surface area contributed by atoms with Gasteiger partial charge in [-0.05, 0) is 24.6 Å². The molecule has 128 valence electrons. The molecule has 0 atom stereocenters. The summed E-state index contributed by atoms with van der Waals surface area (Å²) in [6, 6.07) is 3.31. The zero-order chi connectivity index (χ0) is 15.6. The van der Waals surface area contributed by atoms with E-state index in [0.717, 1.165) is 18.8 Å². The van der Waals surface area contributed by atoms with Crippen LogP contribution in [0.3, 0.4) is 0 Å². The lowest BCUT2D eigenvalue weighted by Gasteiger charge is -2.10. The number of nitrogens with one attached hydrogen (secondary N) is 3. The first-order chi connectivity index (χ1) is 10.1. The van der Waals surface area contributed by atoms with E-state index in [9.17, 15) is 8.42 Å². The molecule has 1 aromatic rings. The minimum Gasteiger partial charge on any atom is -0.357 e. The highest BCUT2D eigenvalue weighted by Gasteiger charge is 2.13. The van der Waals surface area contributed by atoms with Gasteiger partial charge in [0.2, 0.25) is 10.0 Å². The molecule has 0 amide bonds. The molecule has 0 radical (unpaired) electrons. The first kappa shape index (κ1) is 22.0. The number of hydrogen-bond acceptors (Lipinski definition) is 5. The van der Waals surface area contributed by atoms with Crippen LogP contribution in [0.4, 0.5) is 0 Å². The number of thioether (sulfide) groups is 1. The van der Waals surface area contributed by atoms with Crippen LogP contribution in [-0.4, -0.2) is 52.6 Å². The highest BCUT2D eigenvalue weighted by atomic mass is 127. The van der Waals surface area contributed by atoms with Gasteiger partial charge in [0.15, 0.2) is 5.96 Å². The van der Waals surface area contributed by atoms with Crippen molar-refractivity contribution in [2.45, 2.75) is 11.1 Å². The Morgan fingerprint density at radius 3 is 2.73 bits per heavy atom. The summed E-state index contributed by atoms with van der Waals surface area (Å²) >= 11 is 2.96. The summed E-state index contributed by atoms with van der Waals surface area (Å²) < 4.78 is 26.7. The lowest BCUT2D eigenvalue weighted by molar-refractivity contribution is 0.584. The molecule has 0 aliphatic heterocycles. The molecule has 0 aliphatic carbocycles. The second-order valence-electron chi connectivity index (χ2n) is 4.01. The summed E-state index contributed by atoms with van der Waals surface area (Å²) in [4.78, 5) is 4.33. The molecule has 1 heterocycles. The molecule has 1 aromatic heterocycles. The van der Waals surface area contributed by atoms with Gasteiger partial charge in [0.25, 0.3) is 0 Å². The molecule has 0 fully saturated rings. The van der Waals surface area contributed by atoms with E-state index in [4.69, 9.17) is 0 Å². The molecule has 10 heteroatoms. The zero-order valence-corrected chi connectivity index (χ0v) is 17.4. The number of guanidine groups is 1. The average molecular weight is 478 g/mol. The smallest absolute Gasteiger partial charge is 0.250 e. The van der Waals surface area contributed by atoms with Crippen molar-refractivity contribution in [2.75, 3.05) is 38.2 Å².